The minimum Gasteiger partial charge on any atom is -0.381 e. The third kappa shape index (κ3) is 3.23. The molecule has 5 heterocycles. The standard InChI is InChI=1S/C24H26FN5O/c1-14-10-29(11-15(2)26-14)23-6-4-19-24(28-23)30-21-5-3-18(25)8-17(21)9-22(30)20(27-19)7-16-12-31-13-16/h3-6,8-9,14-16,26H,7,10-13H2,1-2H3/t14-,15+. The van der Waals surface area contributed by atoms with Crippen LogP contribution in [0.25, 0.3) is 27.6 Å². The van der Waals surface area contributed by atoms with Crippen LogP contribution in [-0.4, -0.2) is 52.8 Å². The number of nitrogens with zero attached hydrogens (tertiary/aromatic N) is 4. The summed E-state index contributed by atoms with van der Waals surface area (Å²) in [5, 5.41) is 4.45. The Labute approximate surface area is 180 Å². The number of benzene rings is 1. The third-order valence-corrected chi connectivity index (χ3v) is 6.44. The van der Waals surface area contributed by atoms with E-state index in [0.29, 0.717) is 18.0 Å². The largest absolute Gasteiger partial charge is 0.381 e. The zero-order valence-corrected chi connectivity index (χ0v) is 17.8. The average molecular weight is 420 g/mol. The van der Waals surface area contributed by atoms with Gasteiger partial charge in [0.15, 0.2) is 5.65 Å². The van der Waals surface area contributed by atoms with Gasteiger partial charge in [0.05, 0.1) is 29.9 Å². The molecule has 2 saturated heterocycles. The number of rotatable bonds is 3. The molecule has 2 aliphatic heterocycles. The summed E-state index contributed by atoms with van der Waals surface area (Å²) in [4.78, 5) is 12.4. The summed E-state index contributed by atoms with van der Waals surface area (Å²) in [5.74, 6) is 1.21. The zero-order chi connectivity index (χ0) is 21.1. The molecule has 0 radical (unpaired) electrons. The first-order chi connectivity index (χ1) is 15.0. The van der Waals surface area contributed by atoms with Crippen molar-refractivity contribution in [2.45, 2.75) is 32.4 Å². The maximum absolute atomic E-state index is 14.0. The topological polar surface area (TPSA) is 54.7 Å². The van der Waals surface area contributed by atoms with Gasteiger partial charge in [-0.15, -0.1) is 0 Å². The fraction of sp³-hybridized carbons (Fsp3) is 0.417. The van der Waals surface area contributed by atoms with Gasteiger partial charge in [-0.05, 0) is 56.7 Å². The summed E-state index contributed by atoms with van der Waals surface area (Å²) in [6.45, 7) is 7.78. The molecule has 31 heavy (non-hydrogen) atoms. The van der Waals surface area contributed by atoms with Crippen LogP contribution in [0.15, 0.2) is 36.4 Å². The van der Waals surface area contributed by atoms with Gasteiger partial charge in [-0.1, -0.05) is 0 Å². The van der Waals surface area contributed by atoms with Gasteiger partial charge in [0.2, 0.25) is 0 Å². The third-order valence-electron chi connectivity index (χ3n) is 6.44. The molecule has 1 aromatic carbocycles. The molecule has 0 bridgehead atoms. The van der Waals surface area contributed by atoms with Gasteiger partial charge in [-0.3, -0.25) is 4.40 Å². The van der Waals surface area contributed by atoms with Crippen molar-refractivity contribution in [3.63, 3.8) is 0 Å². The molecule has 0 saturated carbocycles. The van der Waals surface area contributed by atoms with E-state index in [2.05, 4.69) is 40.6 Å². The predicted octanol–water partition coefficient (Wildman–Crippen LogP) is 3.55. The Balaban J connectivity index is 1.56. The highest BCUT2D eigenvalue weighted by molar-refractivity contribution is 5.93. The van der Waals surface area contributed by atoms with Gasteiger partial charge in [0, 0.05) is 36.5 Å². The van der Waals surface area contributed by atoms with E-state index < -0.39 is 0 Å². The van der Waals surface area contributed by atoms with Crippen LogP contribution < -0.4 is 10.2 Å². The van der Waals surface area contributed by atoms with Crippen LogP contribution in [0.3, 0.4) is 0 Å². The van der Waals surface area contributed by atoms with Crippen LogP contribution in [0.1, 0.15) is 19.5 Å². The fourth-order valence-electron chi connectivity index (χ4n) is 5.03. The van der Waals surface area contributed by atoms with E-state index in [4.69, 9.17) is 14.7 Å². The summed E-state index contributed by atoms with van der Waals surface area (Å²) in [5.41, 5.74) is 4.68. The maximum atomic E-state index is 14.0. The van der Waals surface area contributed by atoms with E-state index in [1.165, 1.54) is 6.07 Å². The number of halogens is 1. The Morgan fingerprint density at radius 3 is 2.58 bits per heavy atom. The number of anilines is 1. The smallest absolute Gasteiger partial charge is 0.166 e. The molecule has 2 aliphatic rings. The number of pyridine rings is 1. The van der Waals surface area contributed by atoms with Crippen LogP contribution in [0.5, 0.6) is 0 Å². The summed E-state index contributed by atoms with van der Waals surface area (Å²) >= 11 is 0. The molecular formula is C24H26FN5O. The van der Waals surface area contributed by atoms with E-state index in [0.717, 1.165) is 71.8 Å². The summed E-state index contributed by atoms with van der Waals surface area (Å²) in [6, 6.07) is 12.0. The highest BCUT2D eigenvalue weighted by Crippen LogP contribution is 2.30. The van der Waals surface area contributed by atoms with E-state index in [1.807, 2.05) is 12.1 Å². The Morgan fingerprint density at radius 2 is 1.84 bits per heavy atom. The van der Waals surface area contributed by atoms with Gasteiger partial charge in [-0.2, -0.15) is 0 Å². The van der Waals surface area contributed by atoms with Crippen molar-refractivity contribution in [1.82, 2.24) is 19.7 Å². The fourth-order valence-corrected chi connectivity index (χ4v) is 5.03. The number of aromatic nitrogens is 3. The second kappa shape index (κ2) is 7.14. The number of nitrogens with one attached hydrogen (secondary N) is 1. The van der Waals surface area contributed by atoms with Crippen molar-refractivity contribution in [1.29, 1.82) is 0 Å². The van der Waals surface area contributed by atoms with Crippen molar-refractivity contribution in [3.8, 4) is 0 Å². The maximum Gasteiger partial charge on any atom is 0.166 e. The number of ether oxygens (including phenoxy) is 1. The van der Waals surface area contributed by atoms with Crippen LogP contribution in [0.2, 0.25) is 0 Å². The number of piperazine rings is 1. The van der Waals surface area contributed by atoms with Crippen LogP contribution in [-0.2, 0) is 11.2 Å². The van der Waals surface area contributed by atoms with Crippen LogP contribution >= 0.6 is 0 Å². The minimum atomic E-state index is -0.230. The summed E-state index contributed by atoms with van der Waals surface area (Å²) in [7, 11) is 0. The lowest BCUT2D eigenvalue weighted by atomic mass is 10.0. The Bertz CT molecular complexity index is 1290. The molecule has 4 aromatic rings. The monoisotopic (exact) mass is 419 g/mol. The second-order valence-corrected chi connectivity index (χ2v) is 9.12. The van der Waals surface area contributed by atoms with E-state index in [-0.39, 0.29) is 5.82 Å². The molecule has 7 heteroatoms. The molecule has 6 nitrogen and oxygen atoms in total. The van der Waals surface area contributed by atoms with Gasteiger partial charge < -0.3 is 15.0 Å². The minimum absolute atomic E-state index is 0.230. The lowest BCUT2D eigenvalue weighted by molar-refractivity contribution is -0.0315. The van der Waals surface area contributed by atoms with E-state index in [9.17, 15) is 4.39 Å². The predicted molar refractivity (Wildman–Crippen MR) is 120 cm³/mol. The molecule has 0 amide bonds. The Morgan fingerprint density at radius 1 is 1.03 bits per heavy atom. The highest BCUT2D eigenvalue weighted by Gasteiger charge is 2.25. The summed E-state index contributed by atoms with van der Waals surface area (Å²) < 4.78 is 21.5. The first-order valence-corrected chi connectivity index (χ1v) is 11.0. The summed E-state index contributed by atoms with van der Waals surface area (Å²) in [6.07, 6.45) is 0.854. The average Bonchev–Trinajstić information content (AvgIpc) is 3.08. The van der Waals surface area contributed by atoms with Crippen molar-refractivity contribution in [2.75, 3.05) is 31.2 Å². The molecule has 3 aromatic heterocycles. The quantitative estimate of drug-likeness (QED) is 0.550. The highest BCUT2D eigenvalue weighted by atomic mass is 19.1. The zero-order valence-electron chi connectivity index (χ0n) is 17.8. The molecule has 0 aliphatic carbocycles. The van der Waals surface area contributed by atoms with Crippen molar-refractivity contribution in [2.24, 2.45) is 5.92 Å². The lowest BCUT2D eigenvalue weighted by Gasteiger charge is -2.37. The van der Waals surface area contributed by atoms with Crippen molar-refractivity contribution >= 4 is 33.4 Å². The molecule has 1 N–H and O–H groups in total. The van der Waals surface area contributed by atoms with Gasteiger partial charge in [-0.25, -0.2) is 14.4 Å². The normalized spacial score (nSPS) is 22.5. The molecule has 6 rings (SSSR count). The Hall–Kier alpha value is -2.77. The molecule has 160 valence electrons. The number of hydrogen-bond acceptors (Lipinski definition) is 5. The van der Waals surface area contributed by atoms with Crippen molar-refractivity contribution < 1.29 is 9.13 Å². The Kier molecular flexibility index (Phi) is 4.36. The van der Waals surface area contributed by atoms with Crippen molar-refractivity contribution in [3.05, 3.63) is 47.9 Å². The molecule has 0 spiro atoms. The number of hydrogen-bond donors (Lipinski definition) is 1. The first kappa shape index (κ1) is 19.0. The molecular weight excluding hydrogens is 393 g/mol. The molecule has 0 unspecified atom stereocenters. The molecule has 2 atom stereocenters. The van der Waals surface area contributed by atoms with Crippen LogP contribution in [0, 0.1) is 11.7 Å². The lowest BCUT2D eigenvalue weighted by Crippen LogP contribution is -2.54. The van der Waals surface area contributed by atoms with E-state index in [1.54, 1.807) is 6.07 Å². The first-order valence-electron chi connectivity index (χ1n) is 11.0. The van der Waals surface area contributed by atoms with Gasteiger partial charge in [0.1, 0.15) is 17.2 Å². The van der Waals surface area contributed by atoms with E-state index >= 15 is 0 Å². The SMILES string of the molecule is C[C@@H]1CN(c2ccc3nc(CC4COC4)c4cc5cc(F)ccc5n4c3n2)C[C@H](C)N1. The second-order valence-electron chi connectivity index (χ2n) is 9.12. The van der Waals surface area contributed by atoms with Gasteiger partial charge in [0.25, 0.3) is 0 Å². The number of fused-ring (bicyclic) bond motifs is 5. The molecule has 2 fully saturated rings. The van der Waals surface area contributed by atoms with Gasteiger partial charge >= 0.3 is 0 Å². The van der Waals surface area contributed by atoms with Crippen LogP contribution in [0.4, 0.5) is 10.2 Å².